The van der Waals surface area contributed by atoms with E-state index in [9.17, 15) is 0 Å². The Hall–Kier alpha value is 1.40. The van der Waals surface area contributed by atoms with Gasteiger partial charge in [0.05, 0.1) is 0 Å². The van der Waals surface area contributed by atoms with E-state index in [4.69, 9.17) is 0 Å². The van der Waals surface area contributed by atoms with E-state index in [2.05, 4.69) is 48.8 Å². The lowest BCUT2D eigenvalue weighted by Crippen LogP contribution is -2.26. The van der Waals surface area contributed by atoms with E-state index >= 15 is 0 Å². The molecule has 2 bridgehead atoms. The Bertz CT molecular complexity index is 362. The second-order valence-corrected chi connectivity index (χ2v) is 11.8. The zero-order valence-corrected chi connectivity index (χ0v) is 18.5. The Morgan fingerprint density at radius 1 is 0.625 bits per heavy atom. The molecule has 4 heteroatoms. The van der Waals surface area contributed by atoms with Crippen LogP contribution in [-0.2, 0) is 0 Å². The fraction of sp³-hybridized carbons (Fsp3) is 1.00. The van der Waals surface area contributed by atoms with E-state index in [1.807, 2.05) is 0 Å². The van der Waals surface area contributed by atoms with Gasteiger partial charge in [0, 0.05) is 10.5 Å². The number of unbranched alkanes of at least 4 members (excludes halogenated alkanes) is 4. The number of hydrogen-bond acceptors (Lipinski definition) is 4. The minimum absolute atomic E-state index is 1.00. The van der Waals surface area contributed by atoms with Gasteiger partial charge in [-0.2, -0.15) is 48.8 Å². The zero-order valence-electron chi connectivity index (χ0n) is 15.1. The minimum atomic E-state index is 1.00. The van der Waals surface area contributed by atoms with E-state index in [0.717, 1.165) is 45.7 Å². The SMILES string of the molecule is SCCCCCSC1CC2C3CC(SCCCCCS)C(C3)C2C1. The lowest BCUT2D eigenvalue weighted by Gasteiger charge is -2.31. The van der Waals surface area contributed by atoms with Crippen molar-refractivity contribution in [2.24, 2.45) is 23.7 Å². The van der Waals surface area contributed by atoms with Crippen LogP contribution in [0.2, 0.25) is 0 Å². The Morgan fingerprint density at radius 3 is 2.00 bits per heavy atom. The third-order valence-electron chi connectivity index (χ3n) is 6.65. The van der Waals surface area contributed by atoms with Crippen LogP contribution in [0.1, 0.15) is 64.2 Å². The van der Waals surface area contributed by atoms with E-state index < -0.39 is 0 Å². The lowest BCUT2D eigenvalue weighted by atomic mass is 9.81. The third kappa shape index (κ3) is 5.23. The molecule has 0 heterocycles. The molecule has 6 unspecified atom stereocenters. The minimum Gasteiger partial charge on any atom is -0.179 e. The summed E-state index contributed by atoms with van der Waals surface area (Å²) in [5, 5.41) is 2.02. The molecule has 3 fully saturated rings. The van der Waals surface area contributed by atoms with Crippen molar-refractivity contribution >= 4 is 48.8 Å². The predicted molar refractivity (Wildman–Crippen MR) is 120 cm³/mol. The van der Waals surface area contributed by atoms with Crippen molar-refractivity contribution in [3.05, 3.63) is 0 Å². The summed E-state index contributed by atoms with van der Waals surface area (Å²) in [4.78, 5) is 0. The van der Waals surface area contributed by atoms with Crippen molar-refractivity contribution in [3.8, 4) is 0 Å². The van der Waals surface area contributed by atoms with Crippen molar-refractivity contribution in [1.29, 1.82) is 0 Å². The van der Waals surface area contributed by atoms with Gasteiger partial charge in [0.15, 0.2) is 0 Å². The van der Waals surface area contributed by atoms with Crippen LogP contribution in [0.15, 0.2) is 0 Å². The Balaban J connectivity index is 1.34. The summed E-state index contributed by atoms with van der Waals surface area (Å²) in [6, 6.07) is 0. The van der Waals surface area contributed by atoms with Crippen LogP contribution >= 0.6 is 48.8 Å². The lowest BCUT2D eigenvalue weighted by molar-refractivity contribution is 0.266. The molecular formula is C20H36S4. The highest BCUT2D eigenvalue weighted by molar-refractivity contribution is 8.00. The average molecular weight is 405 g/mol. The third-order valence-corrected chi connectivity index (χ3v) is 10.2. The summed E-state index contributed by atoms with van der Waals surface area (Å²) in [6.45, 7) is 0. The standard InChI is InChI=1S/C20H36S4/c21-7-3-1-5-9-23-16-13-17-15-11-19(18(17)14-16)20(12-15)24-10-6-2-4-8-22/h15-22H,1-14H2. The van der Waals surface area contributed by atoms with Gasteiger partial charge in [-0.3, -0.25) is 0 Å². The number of thioether (sulfide) groups is 2. The molecule has 0 aromatic heterocycles. The molecule has 3 rings (SSSR count). The zero-order chi connectivity index (χ0) is 16.8. The summed E-state index contributed by atoms with van der Waals surface area (Å²) >= 11 is 13.3. The number of hydrogen-bond donors (Lipinski definition) is 2. The quantitative estimate of drug-likeness (QED) is 0.283. The molecule has 0 N–H and O–H groups in total. The first kappa shape index (κ1) is 20.1. The van der Waals surface area contributed by atoms with E-state index in [-0.39, 0.29) is 0 Å². The maximum absolute atomic E-state index is 4.32. The van der Waals surface area contributed by atoms with Crippen LogP contribution in [0.3, 0.4) is 0 Å². The van der Waals surface area contributed by atoms with Gasteiger partial charge in [0.1, 0.15) is 0 Å². The highest BCUT2D eigenvalue weighted by atomic mass is 32.2. The van der Waals surface area contributed by atoms with Crippen LogP contribution in [0, 0.1) is 23.7 Å². The first-order valence-corrected chi connectivity index (χ1v) is 13.6. The molecule has 140 valence electrons. The van der Waals surface area contributed by atoms with Gasteiger partial charge in [-0.25, -0.2) is 0 Å². The normalized spacial score (nSPS) is 37.2. The molecule has 0 nitrogen and oxygen atoms in total. The van der Waals surface area contributed by atoms with Gasteiger partial charge in [-0.1, -0.05) is 12.8 Å². The molecule has 3 aliphatic carbocycles. The second kappa shape index (κ2) is 10.7. The Kier molecular flexibility index (Phi) is 8.95. The van der Waals surface area contributed by atoms with E-state index in [1.54, 1.807) is 25.7 Å². The van der Waals surface area contributed by atoms with Crippen molar-refractivity contribution < 1.29 is 0 Å². The monoisotopic (exact) mass is 404 g/mol. The van der Waals surface area contributed by atoms with Crippen LogP contribution in [-0.4, -0.2) is 33.5 Å². The average Bonchev–Trinajstić information content (AvgIpc) is 3.25. The second-order valence-electron chi connectivity index (χ2n) is 8.17. The fourth-order valence-electron chi connectivity index (χ4n) is 5.55. The van der Waals surface area contributed by atoms with Gasteiger partial charge in [-0.05, 0) is 98.0 Å². The summed E-state index contributed by atoms with van der Waals surface area (Å²) in [7, 11) is 0. The molecule has 0 amide bonds. The van der Waals surface area contributed by atoms with Crippen LogP contribution < -0.4 is 0 Å². The first-order valence-electron chi connectivity index (χ1n) is 10.3. The Labute approximate surface area is 169 Å². The maximum Gasteiger partial charge on any atom is 0.00809 e. The highest BCUT2D eigenvalue weighted by Crippen LogP contribution is 2.62. The van der Waals surface area contributed by atoms with Gasteiger partial charge in [-0.15, -0.1) is 0 Å². The number of fused-ring (bicyclic) bond motifs is 5. The van der Waals surface area contributed by atoms with E-state index in [1.165, 1.54) is 50.0 Å². The summed E-state index contributed by atoms with van der Waals surface area (Å²) < 4.78 is 0. The molecule has 24 heavy (non-hydrogen) atoms. The Morgan fingerprint density at radius 2 is 1.29 bits per heavy atom. The van der Waals surface area contributed by atoms with Crippen LogP contribution in [0.5, 0.6) is 0 Å². The van der Waals surface area contributed by atoms with Crippen molar-refractivity contribution in [2.75, 3.05) is 23.0 Å². The summed E-state index contributed by atoms with van der Waals surface area (Å²) in [6.07, 6.45) is 14.5. The van der Waals surface area contributed by atoms with Crippen molar-refractivity contribution in [3.63, 3.8) is 0 Å². The molecule has 6 atom stereocenters. The maximum atomic E-state index is 4.32. The molecule has 0 saturated heterocycles. The molecule has 0 aliphatic heterocycles. The molecule has 0 spiro atoms. The van der Waals surface area contributed by atoms with Gasteiger partial charge in [0.25, 0.3) is 0 Å². The molecule has 3 aliphatic rings. The smallest absolute Gasteiger partial charge is 0.00809 e. The van der Waals surface area contributed by atoms with Crippen molar-refractivity contribution in [2.45, 2.75) is 74.7 Å². The van der Waals surface area contributed by atoms with E-state index in [0.29, 0.717) is 0 Å². The van der Waals surface area contributed by atoms with Gasteiger partial charge >= 0.3 is 0 Å². The van der Waals surface area contributed by atoms with Crippen molar-refractivity contribution in [1.82, 2.24) is 0 Å². The molecule has 0 aromatic carbocycles. The first-order chi connectivity index (χ1) is 11.8. The highest BCUT2D eigenvalue weighted by Gasteiger charge is 2.55. The molecule has 3 saturated carbocycles. The predicted octanol–water partition coefficient (Wildman–Crippen LogP) is 6.46. The molecule has 0 aromatic rings. The van der Waals surface area contributed by atoms with Gasteiger partial charge < -0.3 is 0 Å². The molecular weight excluding hydrogens is 368 g/mol. The fourth-order valence-corrected chi connectivity index (χ4v) is 9.04. The van der Waals surface area contributed by atoms with Gasteiger partial charge in [0.2, 0.25) is 0 Å². The van der Waals surface area contributed by atoms with Crippen LogP contribution in [0.25, 0.3) is 0 Å². The number of thiol groups is 2. The summed E-state index contributed by atoms with van der Waals surface area (Å²) in [5.74, 6) is 9.35. The number of rotatable bonds is 12. The van der Waals surface area contributed by atoms with Crippen LogP contribution in [0.4, 0.5) is 0 Å². The largest absolute Gasteiger partial charge is 0.179 e. The summed E-state index contributed by atoms with van der Waals surface area (Å²) in [5.41, 5.74) is 0. The topological polar surface area (TPSA) is 0 Å². The molecule has 0 radical (unpaired) electrons.